The molecule has 0 bridgehead atoms. The molecular weight excluding hydrogens is 468 g/mol. The molecule has 1 aliphatic heterocycles. The van der Waals surface area contributed by atoms with Gasteiger partial charge >= 0.3 is 5.97 Å². The number of aromatic nitrogens is 2. The van der Waals surface area contributed by atoms with E-state index in [1.807, 2.05) is 36.5 Å². The molecule has 2 heterocycles. The van der Waals surface area contributed by atoms with Gasteiger partial charge in [0.25, 0.3) is 0 Å². The topological polar surface area (TPSA) is 96.7 Å². The number of nitrogens with one attached hydrogen (secondary N) is 1. The zero-order valence-electron chi connectivity index (χ0n) is 22.6. The van der Waals surface area contributed by atoms with E-state index >= 15 is 0 Å². The SMILES string of the molecule is COCCn1ccnc1CNC1C(c2ccccc2)N(C(=O)C2CCCCC2)C(C(=O)O)C1C(C)(C)C. The van der Waals surface area contributed by atoms with Gasteiger partial charge in [0.15, 0.2) is 0 Å². The number of benzene rings is 1. The minimum atomic E-state index is -0.934. The van der Waals surface area contributed by atoms with Crippen LogP contribution in [0.5, 0.6) is 0 Å². The number of methoxy groups -OCH3 is 1. The maximum absolute atomic E-state index is 14.1. The monoisotopic (exact) mass is 510 g/mol. The molecule has 1 aromatic heterocycles. The van der Waals surface area contributed by atoms with Crippen LogP contribution in [0.4, 0.5) is 0 Å². The van der Waals surface area contributed by atoms with Gasteiger partial charge in [-0.25, -0.2) is 9.78 Å². The van der Waals surface area contributed by atoms with Gasteiger partial charge in [-0.3, -0.25) is 4.79 Å². The number of likely N-dealkylation sites (tertiary alicyclic amines) is 1. The van der Waals surface area contributed by atoms with Crippen LogP contribution in [-0.2, 0) is 27.4 Å². The molecule has 1 saturated heterocycles. The molecule has 2 aromatic rings. The lowest BCUT2D eigenvalue weighted by Gasteiger charge is -2.36. The number of carbonyl (C=O) groups excluding carboxylic acids is 1. The summed E-state index contributed by atoms with van der Waals surface area (Å²) in [6.45, 7) is 7.98. The number of nitrogens with zero attached hydrogens (tertiary/aromatic N) is 3. The molecule has 0 spiro atoms. The fourth-order valence-electron chi connectivity index (χ4n) is 6.40. The number of carbonyl (C=O) groups is 2. The van der Waals surface area contributed by atoms with E-state index in [9.17, 15) is 14.7 Å². The van der Waals surface area contributed by atoms with Crippen molar-refractivity contribution in [3.8, 4) is 0 Å². The Morgan fingerprint density at radius 2 is 1.84 bits per heavy atom. The standard InChI is InChI=1S/C29H42N4O4/c1-29(2,3)23-24(31-19-22-30-15-16-32(22)17-18-37-4)25(20-11-7-5-8-12-20)33(26(23)28(35)36)27(34)21-13-9-6-10-14-21/h5,7-8,11-12,15-16,21,23-26,31H,6,9-10,13-14,17-19H2,1-4H3,(H,35,36). The summed E-state index contributed by atoms with van der Waals surface area (Å²) in [4.78, 5) is 33.3. The van der Waals surface area contributed by atoms with Gasteiger partial charge < -0.3 is 24.6 Å². The van der Waals surface area contributed by atoms with Crippen molar-refractivity contribution < 1.29 is 19.4 Å². The second kappa shape index (κ2) is 11.8. The van der Waals surface area contributed by atoms with Crippen LogP contribution in [0, 0.1) is 17.3 Å². The molecule has 2 aliphatic rings. The molecule has 8 heteroatoms. The van der Waals surface area contributed by atoms with Crippen molar-refractivity contribution in [3.63, 3.8) is 0 Å². The number of imidazole rings is 1. The molecule has 1 saturated carbocycles. The molecule has 1 amide bonds. The van der Waals surface area contributed by atoms with E-state index in [4.69, 9.17) is 4.74 Å². The molecule has 4 unspecified atom stereocenters. The number of carboxylic acid groups (broad SMARTS) is 1. The largest absolute Gasteiger partial charge is 0.480 e. The van der Waals surface area contributed by atoms with Gasteiger partial charge in [-0.1, -0.05) is 70.4 Å². The number of hydrogen-bond donors (Lipinski definition) is 2. The minimum absolute atomic E-state index is 0.0129. The number of carboxylic acids is 1. The van der Waals surface area contributed by atoms with E-state index in [-0.39, 0.29) is 35.2 Å². The number of ether oxygens (including phenoxy) is 1. The van der Waals surface area contributed by atoms with Crippen molar-refractivity contribution in [1.82, 2.24) is 19.8 Å². The van der Waals surface area contributed by atoms with Crippen LogP contribution in [0.3, 0.4) is 0 Å². The highest BCUT2D eigenvalue weighted by Crippen LogP contribution is 2.49. The van der Waals surface area contributed by atoms with Gasteiger partial charge in [0.1, 0.15) is 11.9 Å². The first-order chi connectivity index (χ1) is 17.7. The van der Waals surface area contributed by atoms with E-state index < -0.39 is 12.0 Å². The Labute approximate surface area is 220 Å². The first-order valence-electron chi connectivity index (χ1n) is 13.6. The predicted molar refractivity (Wildman–Crippen MR) is 142 cm³/mol. The Morgan fingerprint density at radius 1 is 1.14 bits per heavy atom. The first kappa shape index (κ1) is 27.3. The van der Waals surface area contributed by atoms with E-state index in [1.165, 1.54) is 0 Å². The first-order valence-corrected chi connectivity index (χ1v) is 13.6. The molecule has 1 aliphatic carbocycles. The van der Waals surface area contributed by atoms with Gasteiger partial charge in [-0.2, -0.15) is 0 Å². The quantitative estimate of drug-likeness (QED) is 0.523. The third-order valence-electron chi connectivity index (χ3n) is 8.10. The van der Waals surface area contributed by atoms with Crippen molar-refractivity contribution in [1.29, 1.82) is 0 Å². The van der Waals surface area contributed by atoms with Gasteiger partial charge in [0.05, 0.1) is 19.2 Å². The van der Waals surface area contributed by atoms with E-state index in [0.29, 0.717) is 19.7 Å². The fraction of sp³-hybridized carbons (Fsp3) is 0.621. The van der Waals surface area contributed by atoms with Crippen LogP contribution in [0.1, 0.15) is 70.3 Å². The highest BCUT2D eigenvalue weighted by molar-refractivity contribution is 5.87. The molecule has 4 atom stereocenters. The lowest BCUT2D eigenvalue weighted by molar-refractivity contribution is -0.154. The van der Waals surface area contributed by atoms with E-state index in [1.54, 1.807) is 18.2 Å². The molecular formula is C29H42N4O4. The molecule has 202 valence electrons. The Bertz CT molecular complexity index is 1040. The summed E-state index contributed by atoms with van der Waals surface area (Å²) in [6, 6.07) is 8.36. The van der Waals surface area contributed by atoms with Crippen LogP contribution in [0.2, 0.25) is 0 Å². The van der Waals surface area contributed by atoms with Gasteiger partial charge in [0.2, 0.25) is 5.91 Å². The molecule has 4 rings (SSSR count). The Balaban J connectivity index is 1.75. The summed E-state index contributed by atoms with van der Waals surface area (Å²) < 4.78 is 7.30. The summed E-state index contributed by atoms with van der Waals surface area (Å²) in [5.41, 5.74) is 0.603. The van der Waals surface area contributed by atoms with Crippen molar-refractivity contribution in [3.05, 3.63) is 54.1 Å². The minimum Gasteiger partial charge on any atom is -0.480 e. The Hall–Kier alpha value is -2.71. The van der Waals surface area contributed by atoms with Crippen molar-refractivity contribution >= 4 is 11.9 Å². The average Bonchev–Trinajstić information content (AvgIpc) is 3.48. The third kappa shape index (κ3) is 5.91. The number of rotatable bonds is 9. The summed E-state index contributed by atoms with van der Waals surface area (Å²) in [5.74, 6) is -0.503. The molecule has 2 fully saturated rings. The van der Waals surface area contributed by atoms with Crippen LogP contribution in [0.15, 0.2) is 42.7 Å². The van der Waals surface area contributed by atoms with E-state index in [2.05, 4.69) is 35.6 Å². The van der Waals surface area contributed by atoms with Crippen LogP contribution < -0.4 is 5.32 Å². The number of aliphatic carboxylic acids is 1. The van der Waals surface area contributed by atoms with Gasteiger partial charge in [-0.05, 0) is 23.8 Å². The lowest BCUT2D eigenvalue weighted by atomic mass is 9.72. The molecule has 8 nitrogen and oxygen atoms in total. The average molecular weight is 511 g/mol. The fourth-order valence-corrected chi connectivity index (χ4v) is 6.40. The number of amides is 1. The van der Waals surface area contributed by atoms with Gasteiger partial charge in [-0.15, -0.1) is 0 Å². The van der Waals surface area contributed by atoms with Crippen molar-refractivity contribution in [2.75, 3.05) is 13.7 Å². The smallest absolute Gasteiger partial charge is 0.326 e. The Kier molecular flexibility index (Phi) is 8.70. The second-order valence-electron chi connectivity index (χ2n) is 11.5. The highest BCUT2D eigenvalue weighted by Gasteiger charge is 2.58. The Morgan fingerprint density at radius 3 is 2.46 bits per heavy atom. The second-order valence-corrected chi connectivity index (χ2v) is 11.5. The maximum atomic E-state index is 14.1. The zero-order chi connectivity index (χ0) is 26.6. The van der Waals surface area contributed by atoms with Crippen LogP contribution >= 0.6 is 0 Å². The highest BCUT2D eigenvalue weighted by atomic mass is 16.5. The molecule has 1 aromatic carbocycles. The lowest BCUT2D eigenvalue weighted by Crippen LogP contribution is -2.49. The molecule has 2 N–H and O–H groups in total. The molecule has 0 radical (unpaired) electrons. The van der Waals surface area contributed by atoms with Crippen molar-refractivity contribution in [2.45, 2.75) is 84.1 Å². The zero-order valence-corrected chi connectivity index (χ0v) is 22.6. The van der Waals surface area contributed by atoms with Crippen LogP contribution in [-0.4, -0.2) is 57.2 Å². The molecule has 37 heavy (non-hydrogen) atoms. The van der Waals surface area contributed by atoms with Crippen LogP contribution in [0.25, 0.3) is 0 Å². The number of hydrogen-bond acceptors (Lipinski definition) is 5. The van der Waals surface area contributed by atoms with E-state index in [0.717, 1.165) is 43.5 Å². The van der Waals surface area contributed by atoms with Gasteiger partial charge in [0, 0.05) is 43.9 Å². The van der Waals surface area contributed by atoms with Crippen molar-refractivity contribution in [2.24, 2.45) is 17.3 Å². The summed E-state index contributed by atoms with van der Waals surface area (Å²) >= 11 is 0. The summed E-state index contributed by atoms with van der Waals surface area (Å²) in [5, 5.41) is 14.3. The summed E-state index contributed by atoms with van der Waals surface area (Å²) in [7, 11) is 1.68. The normalized spacial score (nSPS) is 24.9. The third-order valence-corrected chi connectivity index (χ3v) is 8.10. The predicted octanol–water partition coefficient (Wildman–Crippen LogP) is 4.27. The maximum Gasteiger partial charge on any atom is 0.326 e. The summed E-state index contributed by atoms with van der Waals surface area (Å²) in [6.07, 6.45) is 8.55.